The number of piperidine rings is 1. The third-order valence-corrected chi connectivity index (χ3v) is 2.35. The normalized spacial score (nSPS) is 14.7. The summed E-state index contributed by atoms with van der Waals surface area (Å²) in [4.78, 5) is 8.11. The smallest absolute Gasteiger partial charge is 0.216 e. The van der Waals surface area contributed by atoms with Gasteiger partial charge in [0.2, 0.25) is 5.88 Å². The van der Waals surface area contributed by atoms with E-state index in [-0.39, 0.29) is 0 Å². The average molecular weight is 253 g/mol. The molecule has 1 aromatic rings. The van der Waals surface area contributed by atoms with E-state index in [0.717, 1.165) is 31.6 Å². The van der Waals surface area contributed by atoms with Crippen LogP contribution in [0.1, 0.15) is 46.2 Å². The molecule has 0 radical (unpaired) electrons. The van der Waals surface area contributed by atoms with Crippen molar-refractivity contribution < 1.29 is 4.74 Å². The SMILES string of the molecule is CC.CC.Cc1cc(OC2CCNCC2)ncn1. The molecule has 4 heteroatoms. The molecule has 1 fully saturated rings. The Morgan fingerprint density at radius 3 is 2.28 bits per heavy atom. The molecule has 0 saturated carbocycles. The molecular formula is C14H27N3O. The largest absolute Gasteiger partial charge is 0.474 e. The van der Waals surface area contributed by atoms with Gasteiger partial charge in [0.25, 0.3) is 0 Å². The number of aromatic nitrogens is 2. The quantitative estimate of drug-likeness (QED) is 0.880. The van der Waals surface area contributed by atoms with Gasteiger partial charge in [0.05, 0.1) is 0 Å². The summed E-state index contributed by atoms with van der Waals surface area (Å²) in [5, 5.41) is 3.30. The van der Waals surface area contributed by atoms with Crippen LogP contribution in [0.4, 0.5) is 0 Å². The third kappa shape index (κ3) is 6.55. The van der Waals surface area contributed by atoms with Crippen molar-refractivity contribution in [3.63, 3.8) is 0 Å². The van der Waals surface area contributed by atoms with Gasteiger partial charge < -0.3 is 10.1 Å². The Morgan fingerprint density at radius 1 is 1.11 bits per heavy atom. The number of nitrogens with zero attached hydrogens (tertiary/aromatic N) is 2. The highest BCUT2D eigenvalue weighted by molar-refractivity contribution is 5.12. The molecule has 0 amide bonds. The molecule has 1 saturated heterocycles. The topological polar surface area (TPSA) is 47.0 Å². The average Bonchev–Trinajstić information content (AvgIpc) is 2.44. The van der Waals surface area contributed by atoms with Crippen molar-refractivity contribution in [1.82, 2.24) is 15.3 Å². The summed E-state index contributed by atoms with van der Waals surface area (Å²) in [6, 6.07) is 1.88. The van der Waals surface area contributed by atoms with Crippen LogP contribution in [0.2, 0.25) is 0 Å². The van der Waals surface area contributed by atoms with Crippen molar-refractivity contribution >= 4 is 0 Å². The Balaban J connectivity index is 0.000000659. The van der Waals surface area contributed by atoms with Gasteiger partial charge in [0.15, 0.2) is 0 Å². The molecule has 0 bridgehead atoms. The second-order valence-corrected chi connectivity index (χ2v) is 3.56. The molecule has 2 heterocycles. The Labute approximate surface area is 111 Å². The van der Waals surface area contributed by atoms with Crippen molar-refractivity contribution in [1.29, 1.82) is 0 Å². The summed E-state index contributed by atoms with van der Waals surface area (Å²) >= 11 is 0. The molecule has 1 aromatic heterocycles. The fourth-order valence-corrected chi connectivity index (χ4v) is 1.58. The van der Waals surface area contributed by atoms with Crippen LogP contribution in [-0.2, 0) is 0 Å². The van der Waals surface area contributed by atoms with Gasteiger partial charge in [-0.2, -0.15) is 0 Å². The van der Waals surface area contributed by atoms with E-state index in [1.165, 1.54) is 0 Å². The summed E-state index contributed by atoms with van der Waals surface area (Å²) in [6.45, 7) is 12.0. The first-order valence-electron chi connectivity index (χ1n) is 7.00. The van der Waals surface area contributed by atoms with Crippen molar-refractivity contribution in [2.45, 2.75) is 53.6 Å². The molecule has 0 atom stereocenters. The van der Waals surface area contributed by atoms with E-state index in [2.05, 4.69) is 15.3 Å². The number of nitrogens with one attached hydrogen (secondary N) is 1. The molecule has 1 aliphatic rings. The molecule has 2 rings (SSSR count). The highest BCUT2D eigenvalue weighted by Crippen LogP contribution is 2.13. The van der Waals surface area contributed by atoms with Gasteiger partial charge in [-0.25, -0.2) is 9.97 Å². The van der Waals surface area contributed by atoms with Crippen molar-refractivity contribution in [2.24, 2.45) is 0 Å². The summed E-state index contributed by atoms with van der Waals surface area (Å²) in [7, 11) is 0. The number of hydrogen-bond donors (Lipinski definition) is 1. The maximum atomic E-state index is 5.74. The van der Waals surface area contributed by atoms with Crippen LogP contribution >= 0.6 is 0 Å². The second kappa shape index (κ2) is 11.0. The zero-order chi connectivity index (χ0) is 13.8. The molecule has 18 heavy (non-hydrogen) atoms. The monoisotopic (exact) mass is 253 g/mol. The molecule has 0 spiro atoms. The van der Waals surface area contributed by atoms with Crippen LogP contribution in [0.3, 0.4) is 0 Å². The van der Waals surface area contributed by atoms with E-state index in [9.17, 15) is 0 Å². The lowest BCUT2D eigenvalue weighted by atomic mass is 10.1. The van der Waals surface area contributed by atoms with Gasteiger partial charge in [-0.05, 0) is 32.9 Å². The fraction of sp³-hybridized carbons (Fsp3) is 0.714. The summed E-state index contributed by atoms with van der Waals surface area (Å²) < 4.78 is 5.74. The van der Waals surface area contributed by atoms with Crippen LogP contribution in [0.15, 0.2) is 12.4 Å². The summed E-state index contributed by atoms with van der Waals surface area (Å²) in [5.41, 5.74) is 0.948. The number of hydrogen-bond acceptors (Lipinski definition) is 4. The lowest BCUT2D eigenvalue weighted by Crippen LogP contribution is -2.34. The molecule has 104 valence electrons. The number of rotatable bonds is 2. The highest BCUT2D eigenvalue weighted by atomic mass is 16.5. The third-order valence-electron chi connectivity index (χ3n) is 2.35. The summed E-state index contributed by atoms with van der Waals surface area (Å²) in [5.74, 6) is 0.699. The van der Waals surface area contributed by atoms with Crippen LogP contribution in [0, 0.1) is 6.92 Å². The van der Waals surface area contributed by atoms with Crippen molar-refractivity contribution in [3.8, 4) is 5.88 Å². The van der Waals surface area contributed by atoms with Crippen LogP contribution < -0.4 is 10.1 Å². The Bertz CT molecular complexity index is 299. The maximum absolute atomic E-state index is 5.74. The fourth-order valence-electron chi connectivity index (χ4n) is 1.58. The van der Waals surface area contributed by atoms with E-state index < -0.39 is 0 Å². The van der Waals surface area contributed by atoms with E-state index >= 15 is 0 Å². The molecule has 0 aromatic carbocycles. The van der Waals surface area contributed by atoms with E-state index in [0.29, 0.717) is 12.0 Å². The van der Waals surface area contributed by atoms with E-state index in [1.807, 2.05) is 40.7 Å². The Hall–Kier alpha value is -1.16. The van der Waals surface area contributed by atoms with Crippen LogP contribution in [-0.4, -0.2) is 29.2 Å². The zero-order valence-electron chi connectivity index (χ0n) is 12.4. The minimum atomic E-state index is 0.311. The van der Waals surface area contributed by atoms with Crippen molar-refractivity contribution in [3.05, 3.63) is 18.1 Å². The highest BCUT2D eigenvalue weighted by Gasteiger charge is 2.14. The molecule has 0 unspecified atom stereocenters. The van der Waals surface area contributed by atoms with Crippen LogP contribution in [0.25, 0.3) is 0 Å². The minimum Gasteiger partial charge on any atom is -0.474 e. The standard InChI is InChI=1S/C10H15N3O.2C2H6/c1-8-6-10(13-7-12-8)14-9-2-4-11-5-3-9;2*1-2/h6-7,9,11H,2-5H2,1H3;2*1-2H3. The number of ether oxygens (including phenoxy) is 1. The second-order valence-electron chi connectivity index (χ2n) is 3.56. The number of aryl methyl sites for hydroxylation is 1. The zero-order valence-corrected chi connectivity index (χ0v) is 12.4. The van der Waals surface area contributed by atoms with Crippen LogP contribution in [0.5, 0.6) is 5.88 Å². The first kappa shape index (κ1) is 16.8. The van der Waals surface area contributed by atoms with Gasteiger partial charge in [0, 0.05) is 11.8 Å². The maximum Gasteiger partial charge on any atom is 0.216 e. The van der Waals surface area contributed by atoms with Crippen molar-refractivity contribution in [2.75, 3.05) is 13.1 Å². The van der Waals surface area contributed by atoms with Gasteiger partial charge in [0.1, 0.15) is 12.4 Å². The first-order valence-corrected chi connectivity index (χ1v) is 7.00. The lowest BCUT2D eigenvalue weighted by Gasteiger charge is -2.23. The van der Waals surface area contributed by atoms with Gasteiger partial charge in [-0.15, -0.1) is 0 Å². The summed E-state index contributed by atoms with van der Waals surface area (Å²) in [6.07, 6.45) is 3.98. The Kier molecular flexibility index (Phi) is 10.3. The van der Waals surface area contributed by atoms with Gasteiger partial charge in [-0.3, -0.25) is 0 Å². The Morgan fingerprint density at radius 2 is 1.72 bits per heavy atom. The predicted molar refractivity (Wildman–Crippen MR) is 76.0 cm³/mol. The van der Waals surface area contributed by atoms with Gasteiger partial charge in [-0.1, -0.05) is 27.7 Å². The molecular weight excluding hydrogens is 226 g/mol. The molecule has 1 N–H and O–H groups in total. The molecule has 1 aliphatic heterocycles. The minimum absolute atomic E-state index is 0.311. The first-order chi connectivity index (χ1) is 8.84. The molecule has 4 nitrogen and oxygen atoms in total. The lowest BCUT2D eigenvalue weighted by molar-refractivity contribution is 0.155. The van der Waals surface area contributed by atoms with Gasteiger partial charge >= 0.3 is 0 Å². The van der Waals surface area contributed by atoms with E-state index in [4.69, 9.17) is 4.74 Å². The molecule has 0 aliphatic carbocycles. The van der Waals surface area contributed by atoms with E-state index in [1.54, 1.807) is 6.33 Å². The predicted octanol–water partition coefficient (Wildman–Crippen LogP) is 2.97.